The fourth-order valence-electron chi connectivity index (χ4n) is 0.538. The van der Waals surface area contributed by atoms with Crippen LogP contribution >= 0.6 is 0 Å². The van der Waals surface area contributed by atoms with E-state index in [0.29, 0.717) is 6.61 Å². The Balaban J connectivity index is 3.08. The summed E-state index contributed by atoms with van der Waals surface area (Å²) < 4.78 is 4.83. The quantitative estimate of drug-likeness (QED) is 0.559. The van der Waals surface area contributed by atoms with Gasteiger partial charge in [-0.05, 0) is 13.6 Å². The van der Waals surface area contributed by atoms with Crippen LogP contribution in [-0.4, -0.2) is 49.3 Å². The number of hydrogen-bond acceptors (Lipinski definition) is 3. The largest absolute Gasteiger partial charge is 0.480 e. The number of likely N-dealkylation sites (N-methyl/N-ethyl adjacent to an activating group) is 1. The number of nitrogens with zero attached hydrogens (tertiary/aromatic N) is 1. The van der Waals surface area contributed by atoms with Crippen molar-refractivity contribution < 1.29 is 14.6 Å². The summed E-state index contributed by atoms with van der Waals surface area (Å²) in [5.74, 6) is -0.913. The van der Waals surface area contributed by atoms with Crippen LogP contribution in [0.1, 0.15) is 6.92 Å². The van der Waals surface area contributed by atoms with E-state index < -0.39 is 5.97 Å². The minimum Gasteiger partial charge on any atom is -0.480 e. The van der Waals surface area contributed by atoms with E-state index >= 15 is 0 Å². The number of hydrogen-bond donors (Lipinski definition) is 1. The first-order valence-electron chi connectivity index (χ1n) is 3.65. The van der Waals surface area contributed by atoms with Crippen molar-refractivity contribution in [3.8, 4) is 0 Å². The summed E-state index contributed by atoms with van der Waals surface area (Å²) in [7, 11) is 1.96. The van der Waals surface area contributed by atoms with Crippen molar-refractivity contribution in [3.63, 3.8) is 0 Å². The average Bonchev–Trinajstić information content (AvgIpc) is 1.97. The van der Waals surface area contributed by atoms with Crippen LogP contribution < -0.4 is 0 Å². The zero-order chi connectivity index (χ0) is 8.69. The van der Waals surface area contributed by atoms with Gasteiger partial charge >= 0.3 is 5.97 Å². The van der Waals surface area contributed by atoms with E-state index in [1.165, 1.54) is 0 Å². The Hall–Kier alpha value is -0.610. The molecule has 0 aliphatic heterocycles. The van der Waals surface area contributed by atoms with Gasteiger partial charge in [-0.3, -0.25) is 0 Å². The van der Waals surface area contributed by atoms with Crippen molar-refractivity contribution in [2.45, 2.75) is 6.92 Å². The first-order chi connectivity index (χ1) is 5.16. The molecule has 0 radical (unpaired) electrons. The zero-order valence-electron chi connectivity index (χ0n) is 7.04. The maximum Gasteiger partial charge on any atom is 0.329 e. The summed E-state index contributed by atoms with van der Waals surface area (Å²) in [6.07, 6.45) is 0. The molecule has 0 saturated carbocycles. The molecule has 0 aromatic heterocycles. The number of carboxylic acid groups (broad SMARTS) is 1. The van der Waals surface area contributed by atoms with Gasteiger partial charge in [-0.25, -0.2) is 4.79 Å². The molecule has 0 atom stereocenters. The SMILES string of the molecule is CCN(C)CCOCC(=O)O. The minimum atomic E-state index is -0.913. The van der Waals surface area contributed by atoms with Crippen molar-refractivity contribution in [1.82, 2.24) is 4.90 Å². The molecule has 0 unspecified atom stereocenters. The van der Waals surface area contributed by atoms with Crippen molar-refractivity contribution in [2.75, 3.05) is 33.4 Å². The van der Waals surface area contributed by atoms with Crippen LogP contribution in [0.4, 0.5) is 0 Å². The van der Waals surface area contributed by atoms with Gasteiger partial charge in [0.05, 0.1) is 6.61 Å². The molecule has 0 heterocycles. The lowest BCUT2D eigenvalue weighted by Gasteiger charge is -2.12. The van der Waals surface area contributed by atoms with Crippen molar-refractivity contribution in [3.05, 3.63) is 0 Å². The van der Waals surface area contributed by atoms with Crippen LogP contribution in [0.5, 0.6) is 0 Å². The van der Waals surface area contributed by atoms with Crippen molar-refractivity contribution >= 4 is 5.97 Å². The highest BCUT2D eigenvalue weighted by atomic mass is 16.5. The Labute approximate surface area is 66.8 Å². The first-order valence-corrected chi connectivity index (χ1v) is 3.65. The summed E-state index contributed by atoms with van der Waals surface area (Å²) in [6.45, 7) is 4.06. The average molecular weight is 161 g/mol. The monoisotopic (exact) mass is 161 g/mol. The molecule has 0 aromatic carbocycles. The third-order valence-electron chi connectivity index (χ3n) is 1.38. The van der Waals surface area contributed by atoms with Gasteiger partial charge in [-0.2, -0.15) is 0 Å². The van der Waals surface area contributed by atoms with E-state index in [1.54, 1.807) is 0 Å². The van der Waals surface area contributed by atoms with Crippen LogP contribution in [0.15, 0.2) is 0 Å². The van der Waals surface area contributed by atoms with E-state index in [-0.39, 0.29) is 6.61 Å². The van der Waals surface area contributed by atoms with Gasteiger partial charge in [-0.15, -0.1) is 0 Å². The topological polar surface area (TPSA) is 49.8 Å². The molecule has 0 aliphatic carbocycles. The van der Waals surface area contributed by atoms with Crippen LogP contribution in [0.3, 0.4) is 0 Å². The molecule has 0 fully saturated rings. The number of aliphatic carboxylic acids is 1. The van der Waals surface area contributed by atoms with Crippen LogP contribution in [0, 0.1) is 0 Å². The van der Waals surface area contributed by atoms with Crippen LogP contribution in [-0.2, 0) is 9.53 Å². The molecule has 0 aromatic rings. The fraction of sp³-hybridized carbons (Fsp3) is 0.857. The Morgan fingerprint density at radius 2 is 2.27 bits per heavy atom. The number of carbonyl (C=O) groups is 1. The highest BCUT2D eigenvalue weighted by Gasteiger charge is 1.97. The lowest BCUT2D eigenvalue weighted by molar-refractivity contribution is -0.142. The first kappa shape index (κ1) is 10.4. The standard InChI is InChI=1S/C7H15NO3/c1-3-8(2)4-5-11-6-7(9)10/h3-6H2,1-2H3,(H,9,10). The molecule has 0 bridgehead atoms. The molecule has 11 heavy (non-hydrogen) atoms. The summed E-state index contributed by atoms with van der Waals surface area (Å²) in [6, 6.07) is 0. The molecule has 0 amide bonds. The molecule has 4 heteroatoms. The fourth-order valence-corrected chi connectivity index (χ4v) is 0.538. The molecular formula is C7H15NO3. The molecule has 0 rings (SSSR count). The molecule has 4 nitrogen and oxygen atoms in total. The molecule has 0 aliphatic rings. The Morgan fingerprint density at radius 1 is 1.64 bits per heavy atom. The van der Waals surface area contributed by atoms with Gasteiger partial charge in [0.25, 0.3) is 0 Å². The third kappa shape index (κ3) is 7.29. The summed E-state index contributed by atoms with van der Waals surface area (Å²) >= 11 is 0. The summed E-state index contributed by atoms with van der Waals surface area (Å²) in [5.41, 5.74) is 0. The van der Waals surface area contributed by atoms with Gasteiger partial charge in [0.15, 0.2) is 0 Å². The lowest BCUT2D eigenvalue weighted by Crippen LogP contribution is -2.23. The highest BCUT2D eigenvalue weighted by Crippen LogP contribution is 1.81. The predicted octanol–water partition coefficient (Wildman–Crippen LogP) is 0.0393. The van der Waals surface area contributed by atoms with Gasteiger partial charge in [0, 0.05) is 6.54 Å². The van der Waals surface area contributed by atoms with E-state index in [1.807, 2.05) is 14.0 Å². The van der Waals surface area contributed by atoms with Gasteiger partial charge in [0.1, 0.15) is 6.61 Å². The second-order valence-corrected chi connectivity index (χ2v) is 2.34. The van der Waals surface area contributed by atoms with E-state index in [9.17, 15) is 4.79 Å². The lowest BCUT2D eigenvalue weighted by atomic mass is 10.5. The molecule has 0 spiro atoms. The second-order valence-electron chi connectivity index (χ2n) is 2.34. The smallest absolute Gasteiger partial charge is 0.329 e. The van der Waals surface area contributed by atoms with E-state index in [0.717, 1.165) is 13.1 Å². The highest BCUT2D eigenvalue weighted by molar-refractivity contribution is 5.67. The third-order valence-corrected chi connectivity index (χ3v) is 1.38. The Bertz CT molecular complexity index is 116. The maximum atomic E-state index is 9.97. The minimum absolute atomic E-state index is 0.197. The van der Waals surface area contributed by atoms with Gasteiger partial charge < -0.3 is 14.7 Å². The summed E-state index contributed by atoms with van der Waals surface area (Å²) in [4.78, 5) is 12.0. The molecule has 1 N–H and O–H groups in total. The predicted molar refractivity (Wildman–Crippen MR) is 41.6 cm³/mol. The number of carboxylic acids is 1. The molecule has 66 valence electrons. The number of rotatable bonds is 6. The second kappa shape index (κ2) is 6.12. The number of ether oxygens (including phenoxy) is 1. The Morgan fingerprint density at radius 3 is 2.73 bits per heavy atom. The van der Waals surface area contributed by atoms with Crippen molar-refractivity contribution in [1.29, 1.82) is 0 Å². The maximum absolute atomic E-state index is 9.97. The van der Waals surface area contributed by atoms with Gasteiger partial charge in [-0.1, -0.05) is 6.92 Å². The zero-order valence-corrected chi connectivity index (χ0v) is 7.04. The molecule has 0 saturated heterocycles. The van der Waals surface area contributed by atoms with E-state index in [4.69, 9.17) is 9.84 Å². The normalized spacial score (nSPS) is 10.5. The Kier molecular flexibility index (Phi) is 5.78. The van der Waals surface area contributed by atoms with E-state index in [2.05, 4.69) is 4.90 Å². The van der Waals surface area contributed by atoms with Gasteiger partial charge in [0.2, 0.25) is 0 Å². The van der Waals surface area contributed by atoms with Crippen LogP contribution in [0.25, 0.3) is 0 Å². The summed E-state index contributed by atoms with van der Waals surface area (Å²) in [5, 5.41) is 8.20. The molecular weight excluding hydrogens is 146 g/mol. The van der Waals surface area contributed by atoms with Crippen molar-refractivity contribution in [2.24, 2.45) is 0 Å². The van der Waals surface area contributed by atoms with Crippen LogP contribution in [0.2, 0.25) is 0 Å².